The number of nitrogens with two attached hydrogens (primary N) is 1. The third kappa shape index (κ3) is 4.24. The fourth-order valence-corrected chi connectivity index (χ4v) is 7.08. The summed E-state index contributed by atoms with van der Waals surface area (Å²) in [4.78, 5) is 30.6. The summed E-state index contributed by atoms with van der Waals surface area (Å²) in [5.74, 6) is 2.40. The summed E-state index contributed by atoms with van der Waals surface area (Å²) < 4.78 is 0. The van der Waals surface area contributed by atoms with E-state index in [9.17, 15) is 9.59 Å². The number of nitrogens with zero attached hydrogens (tertiary/aromatic N) is 2. The number of carbonyl (C=O) groups excluding carboxylic acids is 2. The number of nitrogens with one attached hydrogen (secondary N) is 1. The van der Waals surface area contributed by atoms with Gasteiger partial charge in [0.1, 0.15) is 11.4 Å². The van der Waals surface area contributed by atoms with Crippen molar-refractivity contribution < 1.29 is 9.59 Å². The number of allylic oxidation sites excluding steroid dienone is 2. The molecule has 3 N–H and O–H groups in total. The molecule has 178 valence electrons. The van der Waals surface area contributed by atoms with Gasteiger partial charge in [0.05, 0.1) is 0 Å². The van der Waals surface area contributed by atoms with Gasteiger partial charge in [-0.05, 0) is 63.3 Å². The Morgan fingerprint density at radius 1 is 1.00 bits per heavy atom. The summed E-state index contributed by atoms with van der Waals surface area (Å²) in [5.41, 5.74) is 7.55. The van der Waals surface area contributed by atoms with Crippen LogP contribution in [0.5, 0.6) is 0 Å². The van der Waals surface area contributed by atoms with Gasteiger partial charge < -0.3 is 16.0 Å². The summed E-state index contributed by atoms with van der Waals surface area (Å²) in [6.45, 7) is 11.1. The minimum atomic E-state index is -0.261. The summed E-state index contributed by atoms with van der Waals surface area (Å²) in [6.07, 6.45) is 6.57. The summed E-state index contributed by atoms with van der Waals surface area (Å²) in [5, 5.41) is 3.16. The largest absolute Gasteiger partial charge is 0.394 e. The van der Waals surface area contributed by atoms with Gasteiger partial charge in [-0.25, -0.2) is 0 Å². The average Bonchev–Trinajstić information content (AvgIpc) is 3.30. The van der Waals surface area contributed by atoms with Gasteiger partial charge in [0.2, 0.25) is 11.6 Å². The number of ketones is 2. The Bertz CT molecular complexity index is 949. The SMILES string of the molecule is CC1CC2CC(C)(N3CCN(CCCNC4=C(N)C(=O)c5ccccc5C4=O)CC3)CC2C1. The lowest BCUT2D eigenvalue weighted by atomic mass is 9.90. The van der Waals surface area contributed by atoms with Crippen molar-refractivity contribution in [2.75, 3.05) is 39.3 Å². The lowest BCUT2D eigenvalue weighted by molar-refractivity contribution is 0.0395. The van der Waals surface area contributed by atoms with Crippen LogP contribution in [0.25, 0.3) is 0 Å². The van der Waals surface area contributed by atoms with Crippen molar-refractivity contribution in [2.45, 2.75) is 51.5 Å². The lowest BCUT2D eigenvalue weighted by Gasteiger charge is -2.45. The van der Waals surface area contributed by atoms with Gasteiger partial charge in [-0.2, -0.15) is 0 Å². The quantitative estimate of drug-likeness (QED) is 0.649. The van der Waals surface area contributed by atoms with E-state index in [2.05, 4.69) is 29.0 Å². The molecule has 33 heavy (non-hydrogen) atoms. The molecule has 4 aliphatic rings. The van der Waals surface area contributed by atoms with Gasteiger partial charge in [-0.1, -0.05) is 31.2 Å². The Morgan fingerprint density at radius 2 is 1.61 bits per heavy atom. The number of hydrogen-bond donors (Lipinski definition) is 2. The zero-order valence-electron chi connectivity index (χ0n) is 20.1. The van der Waals surface area contributed by atoms with Gasteiger partial charge in [0, 0.05) is 49.4 Å². The Labute approximate surface area is 197 Å². The molecule has 2 atom stereocenters. The van der Waals surface area contributed by atoms with Crippen LogP contribution < -0.4 is 11.1 Å². The molecule has 1 aromatic carbocycles. The topological polar surface area (TPSA) is 78.7 Å². The lowest BCUT2D eigenvalue weighted by Crippen LogP contribution is -2.55. The number of piperazine rings is 1. The standard InChI is InChI=1S/C27H38N4O2/c1-18-14-19-16-27(2,17-20(19)15-18)31-12-10-30(11-13-31)9-5-8-29-24-23(28)25(32)21-6-3-4-7-22(21)26(24)33/h3-4,6-7,18-20,29H,5,8-17,28H2,1-2H3. The maximum absolute atomic E-state index is 12.8. The van der Waals surface area contributed by atoms with Gasteiger partial charge in [0.15, 0.2) is 0 Å². The van der Waals surface area contributed by atoms with Crippen LogP contribution in [0.2, 0.25) is 0 Å². The van der Waals surface area contributed by atoms with Crippen molar-refractivity contribution in [3.63, 3.8) is 0 Å². The number of benzene rings is 1. The van der Waals surface area contributed by atoms with E-state index in [0.717, 1.165) is 56.9 Å². The van der Waals surface area contributed by atoms with E-state index < -0.39 is 0 Å². The number of rotatable bonds is 6. The van der Waals surface area contributed by atoms with Crippen molar-refractivity contribution in [2.24, 2.45) is 23.5 Å². The van der Waals surface area contributed by atoms with E-state index in [1.807, 2.05) is 0 Å². The van der Waals surface area contributed by atoms with Gasteiger partial charge in [0.25, 0.3) is 0 Å². The van der Waals surface area contributed by atoms with Gasteiger partial charge in [-0.3, -0.25) is 14.5 Å². The smallest absolute Gasteiger partial charge is 0.211 e. The Balaban J connectivity index is 1.07. The van der Waals surface area contributed by atoms with Crippen LogP contribution in [-0.4, -0.2) is 66.2 Å². The van der Waals surface area contributed by atoms with E-state index in [0.29, 0.717) is 23.2 Å². The summed E-state index contributed by atoms with van der Waals surface area (Å²) in [6, 6.07) is 6.90. The molecule has 3 fully saturated rings. The van der Waals surface area contributed by atoms with E-state index in [4.69, 9.17) is 5.73 Å². The minimum Gasteiger partial charge on any atom is -0.394 e. The maximum Gasteiger partial charge on any atom is 0.211 e. The first-order chi connectivity index (χ1) is 15.9. The fraction of sp³-hybridized carbons (Fsp3) is 0.630. The van der Waals surface area contributed by atoms with E-state index >= 15 is 0 Å². The Morgan fingerprint density at radius 3 is 2.24 bits per heavy atom. The van der Waals surface area contributed by atoms with E-state index in [-0.39, 0.29) is 23.0 Å². The number of Topliss-reactive ketones (excluding diaryl/α,β-unsaturated/α-hetero) is 2. The molecule has 2 unspecified atom stereocenters. The van der Waals surface area contributed by atoms with Crippen LogP contribution in [0.15, 0.2) is 35.7 Å². The number of hydrogen-bond acceptors (Lipinski definition) is 6. The second-order valence-corrected chi connectivity index (χ2v) is 11.1. The zero-order chi connectivity index (χ0) is 23.2. The second-order valence-electron chi connectivity index (χ2n) is 11.1. The zero-order valence-corrected chi connectivity index (χ0v) is 20.1. The van der Waals surface area contributed by atoms with Crippen molar-refractivity contribution in [3.8, 4) is 0 Å². The van der Waals surface area contributed by atoms with E-state index in [1.165, 1.54) is 25.7 Å². The molecule has 1 aromatic rings. The first-order valence-corrected chi connectivity index (χ1v) is 12.7. The fourth-order valence-electron chi connectivity index (χ4n) is 7.08. The number of carbonyl (C=O) groups is 2. The molecular formula is C27H38N4O2. The predicted molar refractivity (Wildman–Crippen MR) is 130 cm³/mol. The molecule has 0 bridgehead atoms. The van der Waals surface area contributed by atoms with E-state index in [1.54, 1.807) is 24.3 Å². The molecule has 0 aromatic heterocycles. The highest BCUT2D eigenvalue weighted by Gasteiger charge is 2.49. The number of fused-ring (bicyclic) bond motifs is 2. The highest BCUT2D eigenvalue weighted by atomic mass is 16.1. The molecule has 5 rings (SSSR count). The van der Waals surface area contributed by atoms with Crippen molar-refractivity contribution >= 4 is 11.6 Å². The molecule has 1 saturated heterocycles. The molecule has 0 amide bonds. The predicted octanol–water partition coefficient (Wildman–Crippen LogP) is 3.05. The van der Waals surface area contributed by atoms with Gasteiger partial charge >= 0.3 is 0 Å². The summed E-state index contributed by atoms with van der Waals surface area (Å²) in [7, 11) is 0. The molecule has 1 aliphatic heterocycles. The maximum atomic E-state index is 12.8. The molecule has 1 heterocycles. The van der Waals surface area contributed by atoms with Crippen LogP contribution in [-0.2, 0) is 0 Å². The Kier molecular flexibility index (Phi) is 6.08. The molecule has 6 nitrogen and oxygen atoms in total. The third-order valence-corrected chi connectivity index (χ3v) is 8.73. The van der Waals surface area contributed by atoms with Crippen LogP contribution in [0.3, 0.4) is 0 Å². The second kappa shape index (κ2) is 8.88. The first-order valence-electron chi connectivity index (χ1n) is 12.7. The third-order valence-electron chi connectivity index (χ3n) is 8.73. The molecule has 2 saturated carbocycles. The highest BCUT2D eigenvalue weighted by Crippen LogP contribution is 2.52. The van der Waals surface area contributed by atoms with Crippen LogP contribution in [0.4, 0.5) is 0 Å². The van der Waals surface area contributed by atoms with Crippen molar-refractivity contribution in [1.29, 1.82) is 0 Å². The van der Waals surface area contributed by atoms with Crippen molar-refractivity contribution in [3.05, 3.63) is 46.8 Å². The highest BCUT2D eigenvalue weighted by molar-refractivity contribution is 6.26. The normalized spacial score (nSPS) is 32.8. The molecule has 6 heteroatoms. The summed E-state index contributed by atoms with van der Waals surface area (Å²) >= 11 is 0. The molecular weight excluding hydrogens is 412 g/mol. The van der Waals surface area contributed by atoms with Crippen molar-refractivity contribution in [1.82, 2.24) is 15.1 Å². The average molecular weight is 451 g/mol. The Hall–Kier alpha value is -2.18. The molecule has 0 radical (unpaired) electrons. The van der Waals surface area contributed by atoms with Crippen LogP contribution in [0.1, 0.15) is 66.7 Å². The van der Waals surface area contributed by atoms with Gasteiger partial charge in [-0.15, -0.1) is 0 Å². The van der Waals surface area contributed by atoms with Crippen LogP contribution >= 0.6 is 0 Å². The minimum absolute atomic E-state index is 0.0382. The van der Waals surface area contributed by atoms with Crippen LogP contribution in [0, 0.1) is 17.8 Å². The monoisotopic (exact) mass is 450 g/mol. The molecule has 0 spiro atoms. The molecule has 3 aliphatic carbocycles. The first kappa shape index (κ1) is 22.6.